The molecule has 0 fully saturated rings. The molecule has 23 heavy (non-hydrogen) atoms. The largest absolute Gasteiger partial charge is 0.495 e. The zero-order chi connectivity index (χ0) is 17.1. The van der Waals surface area contributed by atoms with Gasteiger partial charge >= 0.3 is 0 Å². The summed E-state index contributed by atoms with van der Waals surface area (Å²) >= 11 is 0. The number of nitrogens with zero attached hydrogens (tertiary/aromatic N) is 1. The van der Waals surface area contributed by atoms with E-state index in [4.69, 9.17) is 4.74 Å². The molecule has 2 aromatic rings. The van der Waals surface area contributed by atoms with Crippen molar-refractivity contribution in [3.8, 4) is 5.75 Å². The van der Waals surface area contributed by atoms with Gasteiger partial charge in [0.1, 0.15) is 11.3 Å². The van der Waals surface area contributed by atoms with Crippen molar-refractivity contribution in [1.82, 2.24) is 4.57 Å². The average molecular weight is 311 g/mol. The minimum absolute atomic E-state index is 0.0713. The number of methoxy groups -OCH3 is 1. The van der Waals surface area contributed by atoms with E-state index >= 15 is 0 Å². The topological polar surface area (TPSA) is 48.3 Å². The number of hydrogen-bond acceptors (Lipinski definition) is 3. The maximum absolute atomic E-state index is 12.5. The number of aromatic nitrogens is 1. The monoisotopic (exact) mass is 311 g/mol. The SMILES string of the molecule is COc1c(C)c(C)n(C)c(=O)c1C(=O)/C=C/c1cccc(C)c1. The molecule has 0 aliphatic carbocycles. The highest BCUT2D eigenvalue weighted by Gasteiger charge is 2.20. The molecule has 0 amide bonds. The standard InChI is InChI=1S/C19H21NO3/c1-12-7-6-8-15(11-12)9-10-16(21)17-18(23-5)13(2)14(3)20(4)19(17)22/h6-11H,1-5H3/b10-9+. The Kier molecular flexibility index (Phi) is 4.84. The van der Waals surface area contributed by atoms with Gasteiger partial charge in [0, 0.05) is 18.3 Å². The van der Waals surface area contributed by atoms with Crippen LogP contribution in [-0.2, 0) is 7.05 Å². The van der Waals surface area contributed by atoms with Crippen LogP contribution < -0.4 is 10.3 Å². The molecule has 2 rings (SSSR count). The number of carbonyl (C=O) groups excluding carboxylic acids is 1. The molecule has 120 valence electrons. The number of benzene rings is 1. The lowest BCUT2D eigenvalue weighted by atomic mass is 10.0. The molecule has 0 unspecified atom stereocenters. The predicted octanol–water partition coefficient (Wildman–Crippen LogP) is 3.22. The number of ether oxygens (including phenoxy) is 1. The number of aryl methyl sites for hydroxylation is 1. The van der Waals surface area contributed by atoms with Crippen LogP contribution in [0.5, 0.6) is 5.75 Å². The lowest BCUT2D eigenvalue weighted by Gasteiger charge is -2.14. The molecule has 1 aromatic carbocycles. The molecule has 0 radical (unpaired) electrons. The van der Waals surface area contributed by atoms with Gasteiger partial charge in [0.2, 0.25) is 0 Å². The van der Waals surface area contributed by atoms with Crippen LogP contribution in [0.3, 0.4) is 0 Å². The van der Waals surface area contributed by atoms with E-state index in [9.17, 15) is 9.59 Å². The third-order valence-electron chi connectivity index (χ3n) is 4.05. The van der Waals surface area contributed by atoms with Gasteiger partial charge in [-0.25, -0.2) is 0 Å². The van der Waals surface area contributed by atoms with Gasteiger partial charge in [-0.1, -0.05) is 35.9 Å². The summed E-state index contributed by atoms with van der Waals surface area (Å²) in [6.45, 7) is 5.66. The predicted molar refractivity (Wildman–Crippen MR) is 92.3 cm³/mol. The minimum Gasteiger partial charge on any atom is -0.495 e. The van der Waals surface area contributed by atoms with Gasteiger partial charge in [-0.05, 0) is 32.4 Å². The third kappa shape index (κ3) is 3.26. The summed E-state index contributed by atoms with van der Waals surface area (Å²) in [7, 11) is 3.13. The van der Waals surface area contributed by atoms with E-state index in [2.05, 4.69) is 0 Å². The Morgan fingerprint density at radius 1 is 1.22 bits per heavy atom. The van der Waals surface area contributed by atoms with Crippen LogP contribution in [0.4, 0.5) is 0 Å². The number of rotatable bonds is 4. The van der Waals surface area contributed by atoms with Gasteiger partial charge in [0.15, 0.2) is 5.78 Å². The molecule has 4 nitrogen and oxygen atoms in total. The molecule has 1 aromatic heterocycles. The van der Waals surface area contributed by atoms with Crippen LogP contribution in [0.2, 0.25) is 0 Å². The van der Waals surface area contributed by atoms with Gasteiger partial charge < -0.3 is 9.30 Å². The van der Waals surface area contributed by atoms with Gasteiger partial charge in [-0.2, -0.15) is 0 Å². The first kappa shape index (κ1) is 16.7. The average Bonchev–Trinajstić information content (AvgIpc) is 2.53. The molecule has 0 aliphatic rings. The molecule has 0 aliphatic heterocycles. The Bertz CT molecular complexity index is 844. The zero-order valence-electron chi connectivity index (χ0n) is 14.1. The second-order valence-corrected chi connectivity index (χ2v) is 5.59. The molecule has 0 spiro atoms. The summed E-state index contributed by atoms with van der Waals surface area (Å²) in [5.41, 5.74) is 3.33. The number of pyridine rings is 1. The second-order valence-electron chi connectivity index (χ2n) is 5.59. The lowest BCUT2D eigenvalue weighted by molar-refractivity contribution is 0.104. The van der Waals surface area contributed by atoms with Gasteiger partial charge in [0.25, 0.3) is 5.56 Å². The molecule has 0 N–H and O–H groups in total. The zero-order valence-corrected chi connectivity index (χ0v) is 14.1. The van der Waals surface area contributed by atoms with Crippen LogP contribution in [-0.4, -0.2) is 17.5 Å². The number of ketones is 1. The highest BCUT2D eigenvalue weighted by Crippen LogP contribution is 2.23. The summed E-state index contributed by atoms with van der Waals surface area (Å²) in [5, 5.41) is 0. The van der Waals surface area contributed by atoms with E-state index in [-0.39, 0.29) is 16.9 Å². The van der Waals surface area contributed by atoms with Gasteiger partial charge in [0.05, 0.1) is 7.11 Å². The van der Waals surface area contributed by atoms with E-state index in [0.29, 0.717) is 5.75 Å². The number of carbonyl (C=O) groups is 1. The van der Waals surface area contributed by atoms with E-state index in [1.165, 1.54) is 17.8 Å². The van der Waals surface area contributed by atoms with Gasteiger partial charge in [-0.15, -0.1) is 0 Å². The van der Waals surface area contributed by atoms with Crippen LogP contribution in [0, 0.1) is 20.8 Å². The van der Waals surface area contributed by atoms with Crippen molar-refractivity contribution in [3.05, 3.63) is 68.6 Å². The molecule has 0 bridgehead atoms. The molecular weight excluding hydrogens is 290 g/mol. The fourth-order valence-electron chi connectivity index (χ4n) is 2.52. The molecule has 0 saturated carbocycles. The van der Waals surface area contributed by atoms with E-state index in [1.807, 2.05) is 45.0 Å². The summed E-state index contributed by atoms with van der Waals surface area (Å²) in [4.78, 5) is 25.0. The summed E-state index contributed by atoms with van der Waals surface area (Å²) in [6, 6.07) is 7.79. The molecule has 0 atom stereocenters. The Morgan fingerprint density at radius 3 is 2.52 bits per heavy atom. The summed E-state index contributed by atoms with van der Waals surface area (Å²) in [6.07, 6.45) is 3.13. The first-order valence-corrected chi connectivity index (χ1v) is 7.40. The Hall–Kier alpha value is -2.62. The Morgan fingerprint density at radius 2 is 1.91 bits per heavy atom. The van der Waals surface area contributed by atoms with E-state index in [0.717, 1.165) is 22.4 Å². The maximum Gasteiger partial charge on any atom is 0.265 e. The number of hydrogen-bond donors (Lipinski definition) is 0. The van der Waals surface area contributed by atoms with Crippen molar-refractivity contribution < 1.29 is 9.53 Å². The molecule has 4 heteroatoms. The fourth-order valence-corrected chi connectivity index (χ4v) is 2.52. The molecular formula is C19H21NO3. The molecule has 0 saturated heterocycles. The maximum atomic E-state index is 12.5. The summed E-state index contributed by atoms with van der Waals surface area (Å²) < 4.78 is 6.79. The van der Waals surface area contributed by atoms with Crippen LogP contribution in [0.25, 0.3) is 6.08 Å². The summed E-state index contributed by atoms with van der Waals surface area (Å²) in [5.74, 6) is -0.00320. The highest BCUT2D eigenvalue weighted by molar-refractivity contribution is 6.08. The first-order chi connectivity index (χ1) is 10.9. The van der Waals surface area contributed by atoms with Crippen molar-refractivity contribution in [2.24, 2.45) is 7.05 Å². The smallest absolute Gasteiger partial charge is 0.265 e. The first-order valence-electron chi connectivity index (χ1n) is 7.40. The second kappa shape index (κ2) is 6.65. The lowest BCUT2D eigenvalue weighted by Crippen LogP contribution is -2.27. The fraction of sp³-hybridized carbons (Fsp3) is 0.263. The minimum atomic E-state index is -0.355. The van der Waals surface area contributed by atoms with Crippen molar-refractivity contribution in [3.63, 3.8) is 0 Å². The van der Waals surface area contributed by atoms with Crippen molar-refractivity contribution >= 4 is 11.9 Å². The highest BCUT2D eigenvalue weighted by atomic mass is 16.5. The van der Waals surface area contributed by atoms with E-state index in [1.54, 1.807) is 13.1 Å². The van der Waals surface area contributed by atoms with Crippen molar-refractivity contribution in [2.75, 3.05) is 7.11 Å². The van der Waals surface area contributed by atoms with Crippen LogP contribution in [0.15, 0.2) is 35.1 Å². The van der Waals surface area contributed by atoms with Crippen LogP contribution in [0.1, 0.15) is 32.7 Å². The van der Waals surface area contributed by atoms with Crippen LogP contribution >= 0.6 is 0 Å². The number of allylic oxidation sites excluding steroid dienone is 1. The Balaban J connectivity index is 2.50. The van der Waals surface area contributed by atoms with Crippen molar-refractivity contribution in [2.45, 2.75) is 20.8 Å². The van der Waals surface area contributed by atoms with Gasteiger partial charge in [-0.3, -0.25) is 9.59 Å². The normalized spacial score (nSPS) is 11.0. The third-order valence-corrected chi connectivity index (χ3v) is 4.05. The molecule has 1 heterocycles. The Labute approximate surface area is 136 Å². The quantitative estimate of drug-likeness (QED) is 0.643. The van der Waals surface area contributed by atoms with Crippen molar-refractivity contribution in [1.29, 1.82) is 0 Å². The van der Waals surface area contributed by atoms with E-state index < -0.39 is 0 Å².